The molecule has 2 bridgehead atoms. The topological polar surface area (TPSA) is 41.1 Å². The van der Waals surface area contributed by atoms with Gasteiger partial charge in [0, 0.05) is 32.1 Å². The molecule has 1 aromatic rings. The van der Waals surface area contributed by atoms with Gasteiger partial charge in [0.05, 0.1) is 0 Å². The van der Waals surface area contributed by atoms with Crippen molar-refractivity contribution < 1.29 is 0 Å². The van der Waals surface area contributed by atoms with Gasteiger partial charge in [-0.2, -0.15) is 0 Å². The Labute approximate surface area is 102 Å². The number of fused-ring (bicyclic) bond motifs is 2. The van der Waals surface area contributed by atoms with Gasteiger partial charge in [-0.25, -0.2) is 9.97 Å². The van der Waals surface area contributed by atoms with Gasteiger partial charge in [-0.3, -0.25) is 0 Å². The second-order valence-corrected chi connectivity index (χ2v) is 5.12. The Morgan fingerprint density at radius 3 is 2.88 bits per heavy atom. The number of hydrogen-bond donors (Lipinski definition) is 1. The first kappa shape index (κ1) is 10.8. The fraction of sp³-hybridized carbons (Fsp3) is 0.692. The van der Waals surface area contributed by atoms with Crippen LogP contribution in [0.3, 0.4) is 0 Å². The van der Waals surface area contributed by atoms with Crippen LogP contribution >= 0.6 is 0 Å². The summed E-state index contributed by atoms with van der Waals surface area (Å²) in [6.07, 6.45) is 5.00. The molecule has 0 spiro atoms. The number of anilines is 2. The van der Waals surface area contributed by atoms with E-state index in [9.17, 15) is 0 Å². The SMILES string of the molecule is CCc1nc(NC)cc(N2CC3CCC2C3)n1. The van der Waals surface area contributed by atoms with Gasteiger partial charge in [-0.1, -0.05) is 6.92 Å². The fourth-order valence-corrected chi connectivity index (χ4v) is 3.12. The second kappa shape index (κ2) is 4.17. The first-order chi connectivity index (χ1) is 8.30. The van der Waals surface area contributed by atoms with Gasteiger partial charge in [0.1, 0.15) is 17.5 Å². The van der Waals surface area contributed by atoms with Gasteiger partial charge in [-0.05, 0) is 25.2 Å². The van der Waals surface area contributed by atoms with Crippen molar-refractivity contribution in [1.29, 1.82) is 0 Å². The molecule has 0 aromatic carbocycles. The Morgan fingerprint density at radius 2 is 2.29 bits per heavy atom. The lowest BCUT2D eigenvalue weighted by Gasteiger charge is -2.28. The Hall–Kier alpha value is -1.32. The summed E-state index contributed by atoms with van der Waals surface area (Å²) in [5.74, 6) is 3.90. The van der Waals surface area contributed by atoms with Crippen molar-refractivity contribution in [1.82, 2.24) is 9.97 Å². The first-order valence-corrected chi connectivity index (χ1v) is 6.62. The minimum Gasteiger partial charge on any atom is -0.373 e. The highest BCUT2D eigenvalue weighted by atomic mass is 15.3. The lowest BCUT2D eigenvalue weighted by atomic mass is 10.1. The molecule has 1 saturated carbocycles. The highest BCUT2D eigenvalue weighted by Gasteiger charge is 2.38. The molecule has 2 unspecified atom stereocenters. The van der Waals surface area contributed by atoms with E-state index < -0.39 is 0 Å². The normalized spacial score (nSPS) is 26.6. The molecular formula is C13H20N4. The first-order valence-electron chi connectivity index (χ1n) is 6.62. The van der Waals surface area contributed by atoms with Crippen molar-refractivity contribution in [2.45, 2.75) is 38.6 Å². The number of rotatable bonds is 3. The predicted molar refractivity (Wildman–Crippen MR) is 69.4 cm³/mol. The van der Waals surface area contributed by atoms with E-state index in [-0.39, 0.29) is 0 Å². The Kier molecular flexibility index (Phi) is 2.65. The van der Waals surface area contributed by atoms with Crippen molar-refractivity contribution in [3.63, 3.8) is 0 Å². The zero-order valence-corrected chi connectivity index (χ0v) is 10.6. The zero-order chi connectivity index (χ0) is 11.8. The van der Waals surface area contributed by atoms with Gasteiger partial charge in [0.15, 0.2) is 0 Å². The van der Waals surface area contributed by atoms with Crippen LogP contribution in [0.15, 0.2) is 6.07 Å². The molecule has 2 heterocycles. The summed E-state index contributed by atoms with van der Waals surface area (Å²) in [7, 11) is 1.92. The third-order valence-electron chi connectivity index (χ3n) is 4.03. The van der Waals surface area contributed by atoms with E-state index in [1.807, 2.05) is 7.05 Å². The second-order valence-electron chi connectivity index (χ2n) is 5.12. The summed E-state index contributed by atoms with van der Waals surface area (Å²) in [4.78, 5) is 11.6. The van der Waals surface area contributed by atoms with Crippen LogP contribution in [0.2, 0.25) is 0 Å². The number of nitrogens with one attached hydrogen (secondary N) is 1. The van der Waals surface area contributed by atoms with Crippen LogP contribution in [-0.4, -0.2) is 29.6 Å². The van der Waals surface area contributed by atoms with Gasteiger partial charge in [0.25, 0.3) is 0 Å². The van der Waals surface area contributed by atoms with E-state index >= 15 is 0 Å². The zero-order valence-electron chi connectivity index (χ0n) is 10.6. The number of aromatic nitrogens is 2. The number of hydrogen-bond acceptors (Lipinski definition) is 4. The standard InChI is InChI=1S/C13H20N4/c1-3-11-15-12(14-2)7-13(16-11)17-8-9-4-5-10(17)6-9/h7,9-10H,3-6,8H2,1-2H3,(H,14,15,16). The highest BCUT2D eigenvalue weighted by Crippen LogP contribution is 2.39. The van der Waals surface area contributed by atoms with Crippen LogP contribution in [-0.2, 0) is 6.42 Å². The van der Waals surface area contributed by atoms with Crippen molar-refractivity contribution in [2.24, 2.45) is 5.92 Å². The van der Waals surface area contributed by atoms with Crippen molar-refractivity contribution in [2.75, 3.05) is 23.8 Å². The molecule has 1 saturated heterocycles. The monoisotopic (exact) mass is 232 g/mol. The smallest absolute Gasteiger partial charge is 0.134 e. The molecule has 0 amide bonds. The third kappa shape index (κ3) is 1.85. The Bertz CT molecular complexity index is 396. The van der Waals surface area contributed by atoms with E-state index in [4.69, 9.17) is 0 Å². The predicted octanol–water partition coefficient (Wildman–Crippen LogP) is 2.07. The molecule has 2 aliphatic rings. The number of piperidine rings is 1. The minimum atomic E-state index is 0.726. The molecule has 1 aliphatic carbocycles. The maximum absolute atomic E-state index is 4.68. The minimum absolute atomic E-state index is 0.726. The molecule has 92 valence electrons. The lowest BCUT2D eigenvalue weighted by molar-refractivity contribution is 0.549. The molecule has 2 atom stereocenters. The van der Waals surface area contributed by atoms with E-state index in [0.29, 0.717) is 0 Å². The van der Waals surface area contributed by atoms with Crippen LogP contribution in [0.5, 0.6) is 0 Å². The van der Waals surface area contributed by atoms with Gasteiger partial charge in [0.2, 0.25) is 0 Å². The van der Waals surface area contributed by atoms with Crippen LogP contribution in [0.4, 0.5) is 11.6 Å². The summed E-state index contributed by atoms with van der Waals surface area (Å²) in [5, 5.41) is 3.13. The lowest BCUT2D eigenvalue weighted by Crippen LogP contribution is -2.32. The van der Waals surface area contributed by atoms with E-state index in [1.54, 1.807) is 0 Å². The average molecular weight is 232 g/mol. The van der Waals surface area contributed by atoms with Crippen LogP contribution in [0.25, 0.3) is 0 Å². The molecule has 1 N–H and O–H groups in total. The average Bonchev–Trinajstić information content (AvgIpc) is 3.00. The molecule has 17 heavy (non-hydrogen) atoms. The number of aryl methyl sites for hydroxylation is 1. The molecule has 0 radical (unpaired) electrons. The molecule has 1 aliphatic heterocycles. The van der Waals surface area contributed by atoms with Crippen molar-refractivity contribution >= 4 is 11.6 Å². The van der Waals surface area contributed by atoms with Crippen molar-refractivity contribution in [3.05, 3.63) is 11.9 Å². The van der Waals surface area contributed by atoms with E-state index in [0.717, 1.165) is 35.8 Å². The molecule has 4 heteroatoms. The Morgan fingerprint density at radius 1 is 1.41 bits per heavy atom. The molecular weight excluding hydrogens is 212 g/mol. The van der Waals surface area contributed by atoms with Gasteiger partial charge >= 0.3 is 0 Å². The summed E-state index contributed by atoms with van der Waals surface area (Å²) in [5.41, 5.74) is 0. The molecule has 1 aromatic heterocycles. The van der Waals surface area contributed by atoms with Crippen LogP contribution < -0.4 is 10.2 Å². The quantitative estimate of drug-likeness (QED) is 0.866. The van der Waals surface area contributed by atoms with E-state index in [1.165, 1.54) is 25.8 Å². The Balaban J connectivity index is 1.91. The fourth-order valence-electron chi connectivity index (χ4n) is 3.12. The molecule has 3 rings (SSSR count). The third-order valence-corrected chi connectivity index (χ3v) is 4.03. The summed E-state index contributed by atoms with van der Waals surface area (Å²) < 4.78 is 0. The largest absolute Gasteiger partial charge is 0.373 e. The maximum Gasteiger partial charge on any atom is 0.134 e. The van der Waals surface area contributed by atoms with Crippen LogP contribution in [0, 0.1) is 5.92 Å². The highest BCUT2D eigenvalue weighted by molar-refractivity contribution is 5.51. The molecule has 2 fully saturated rings. The van der Waals surface area contributed by atoms with Crippen LogP contribution in [0.1, 0.15) is 32.0 Å². The number of nitrogens with zero attached hydrogens (tertiary/aromatic N) is 3. The van der Waals surface area contributed by atoms with Crippen molar-refractivity contribution in [3.8, 4) is 0 Å². The summed E-state index contributed by atoms with van der Waals surface area (Å²) in [6.45, 7) is 3.29. The van der Waals surface area contributed by atoms with Gasteiger partial charge < -0.3 is 10.2 Å². The van der Waals surface area contributed by atoms with Gasteiger partial charge in [-0.15, -0.1) is 0 Å². The summed E-state index contributed by atoms with van der Waals surface area (Å²) >= 11 is 0. The van der Waals surface area contributed by atoms with E-state index in [2.05, 4.69) is 33.2 Å². The molecule has 4 nitrogen and oxygen atoms in total. The summed E-state index contributed by atoms with van der Waals surface area (Å²) in [6, 6.07) is 2.81. The maximum atomic E-state index is 4.68.